The predicted molar refractivity (Wildman–Crippen MR) is 65.9 cm³/mol. The Balaban J connectivity index is 2.07. The first-order valence-electron chi connectivity index (χ1n) is 6.26. The number of hydrogen-bond acceptors (Lipinski definition) is 2. The van der Waals surface area contributed by atoms with Crippen molar-refractivity contribution < 1.29 is 9.18 Å². The van der Waals surface area contributed by atoms with Crippen molar-refractivity contribution in [2.24, 2.45) is 5.92 Å². The Morgan fingerprint density at radius 3 is 3.00 bits per heavy atom. The molecule has 4 nitrogen and oxygen atoms in total. The molecular formula is C13H17FN2O2. The zero-order valence-electron chi connectivity index (χ0n) is 10.3. The quantitative estimate of drug-likeness (QED) is 0.843. The van der Waals surface area contributed by atoms with Gasteiger partial charge in [-0.05, 0) is 24.8 Å². The third-order valence-corrected chi connectivity index (χ3v) is 3.42. The highest BCUT2D eigenvalue weighted by Crippen LogP contribution is 2.23. The SMILES string of the molecule is CC1CCC[C@@H](NC(=O)c2cc[nH]c(=O)c2F)C1. The van der Waals surface area contributed by atoms with Crippen LogP contribution < -0.4 is 10.9 Å². The van der Waals surface area contributed by atoms with Gasteiger partial charge in [0.1, 0.15) is 0 Å². The average molecular weight is 252 g/mol. The fourth-order valence-corrected chi connectivity index (χ4v) is 2.46. The molecule has 1 aliphatic carbocycles. The molecule has 98 valence electrons. The van der Waals surface area contributed by atoms with Crippen molar-refractivity contribution in [1.29, 1.82) is 0 Å². The van der Waals surface area contributed by atoms with E-state index in [2.05, 4.69) is 17.2 Å². The topological polar surface area (TPSA) is 62.0 Å². The maximum Gasteiger partial charge on any atom is 0.284 e. The van der Waals surface area contributed by atoms with E-state index in [9.17, 15) is 14.0 Å². The second-order valence-corrected chi connectivity index (χ2v) is 4.98. The van der Waals surface area contributed by atoms with Gasteiger partial charge in [-0.15, -0.1) is 0 Å². The predicted octanol–water partition coefficient (Wildman–Crippen LogP) is 1.82. The van der Waals surface area contributed by atoms with Gasteiger partial charge in [0.15, 0.2) is 0 Å². The lowest BCUT2D eigenvalue weighted by molar-refractivity contribution is 0.0917. The van der Waals surface area contributed by atoms with Crippen molar-refractivity contribution in [2.75, 3.05) is 0 Å². The Hall–Kier alpha value is -1.65. The Morgan fingerprint density at radius 2 is 2.28 bits per heavy atom. The average Bonchev–Trinajstić information content (AvgIpc) is 2.32. The number of rotatable bonds is 2. The maximum atomic E-state index is 13.5. The number of H-pyrrole nitrogens is 1. The number of carbonyl (C=O) groups is 1. The molecule has 1 aromatic rings. The van der Waals surface area contributed by atoms with Crippen molar-refractivity contribution in [3.05, 3.63) is 34.0 Å². The van der Waals surface area contributed by atoms with Crippen LogP contribution in [0.2, 0.25) is 0 Å². The van der Waals surface area contributed by atoms with Gasteiger partial charge in [-0.2, -0.15) is 0 Å². The first kappa shape index (κ1) is 12.8. The van der Waals surface area contributed by atoms with Crippen LogP contribution in [-0.2, 0) is 0 Å². The third kappa shape index (κ3) is 2.78. The van der Waals surface area contributed by atoms with E-state index in [0.29, 0.717) is 5.92 Å². The van der Waals surface area contributed by atoms with Gasteiger partial charge >= 0.3 is 0 Å². The van der Waals surface area contributed by atoms with Crippen LogP contribution in [0.5, 0.6) is 0 Å². The Kier molecular flexibility index (Phi) is 3.79. The molecule has 1 aliphatic rings. The lowest BCUT2D eigenvalue weighted by Crippen LogP contribution is -2.39. The van der Waals surface area contributed by atoms with Crippen LogP contribution in [0.15, 0.2) is 17.1 Å². The summed E-state index contributed by atoms with van der Waals surface area (Å²) in [6.07, 6.45) is 5.36. The van der Waals surface area contributed by atoms with Crippen LogP contribution in [0.1, 0.15) is 43.0 Å². The van der Waals surface area contributed by atoms with Gasteiger partial charge in [0.05, 0.1) is 5.56 Å². The van der Waals surface area contributed by atoms with E-state index < -0.39 is 17.3 Å². The summed E-state index contributed by atoms with van der Waals surface area (Å²) in [6, 6.07) is 1.37. The number of carbonyl (C=O) groups excluding carboxylic acids is 1. The number of hydrogen-bond donors (Lipinski definition) is 2. The molecule has 0 saturated heterocycles. The van der Waals surface area contributed by atoms with E-state index in [1.807, 2.05) is 0 Å². The highest BCUT2D eigenvalue weighted by atomic mass is 19.1. The molecule has 0 radical (unpaired) electrons. The van der Waals surface area contributed by atoms with Gasteiger partial charge in [-0.25, -0.2) is 4.39 Å². The van der Waals surface area contributed by atoms with E-state index in [0.717, 1.165) is 19.3 Å². The number of aromatic amines is 1. The smallest absolute Gasteiger partial charge is 0.284 e. The molecule has 1 heterocycles. The van der Waals surface area contributed by atoms with E-state index in [1.165, 1.54) is 18.7 Å². The number of halogens is 1. The molecule has 0 spiro atoms. The summed E-state index contributed by atoms with van der Waals surface area (Å²) >= 11 is 0. The number of pyridine rings is 1. The molecule has 1 amide bonds. The summed E-state index contributed by atoms with van der Waals surface area (Å²) in [5, 5.41) is 2.80. The second kappa shape index (κ2) is 5.33. The van der Waals surface area contributed by atoms with E-state index in [1.54, 1.807) is 0 Å². The number of nitrogens with one attached hydrogen (secondary N) is 2. The summed E-state index contributed by atoms with van der Waals surface area (Å²) in [5.74, 6) is -0.940. The summed E-state index contributed by atoms with van der Waals surface area (Å²) in [7, 11) is 0. The number of aromatic nitrogens is 1. The molecule has 2 N–H and O–H groups in total. The highest BCUT2D eigenvalue weighted by molar-refractivity contribution is 5.94. The minimum absolute atomic E-state index is 0.0833. The monoisotopic (exact) mass is 252 g/mol. The van der Waals surface area contributed by atoms with Crippen molar-refractivity contribution in [3.63, 3.8) is 0 Å². The van der Waals surface area contributed by atoms with Gasteiger partial charge in [0, 0.05) is 12.2 Å². The first-order chi connectivity index (χ1) is 8.58. The summed E-state index contributed by atoms with van der Waals surface area (Å²) in [4.78, 5) is 25.2. The molecule has 0 bridgehead atoms. The van der Waals surface area contributed by atoms with E-state index in [4.69, 9.17) is 0 Å². The molecule has 1 unspecified atom stereocenters. The van der Waals surface area contributed by atoms with Crippen LogP contribution in [0.25, 0.3) is 0 Å². The maximum absolute atomic E-state index is 13.5. The van der Waals surface area contributed by atoms with Gasteiger partial charge in [0.2, 0.25) is 5.82 Å². The molecule has 18 heavy (non-hydrogen) atoms. The van der Waals surface area contributed by atoms with Crippen LogP contribution in [0.4, 0.5) is 4.39 Å². The molecule has 5 heteroatoms. The standard InChI is InChI=1S/C13H17FN2O2/c1-8-3-2-4-9(7-8)16-12(17)10-5-6-15-13(18)11(10)14/h5-6,8-9H,2-4,7H2,1H3,(H,15,18)(H,16,17)/t8?,9-/m1/s1. The van der Waals surface area contributed by atoms with Gasteiger partial charge in [-0.1, -0.05) is 19.8 Å². The Labute approximate surface area is 105 Å². The van der Waals surface area contributed by atoms with Gasteiger partial charge in [0.25, 0.3) is 11.5 Å². The van der Waals surface area contributed by atoms with Crippen molar-refractivity contribution in [2.45, 2.75) is 38.6 Å². The minimum Gasteiger partial charge on any atom is -0.349 e. The molecule has 2 atom stereocenters. The molecule has 0 aliphatic heterocycles. The van der Waals surface area contributed by atoms with Crippen LogP contribution in [0.3, 0.4) is 0 Å². The Bertz CT molecular complexity index is 498. The first-order valence-corrected chi connectivity index (χ1v) is 6.26. The Morgan fingerprint density at radius 1 is 1.50 bits per heavy atom. The lowest BCUT2D eigenvalue weighted by Gasteiger charge is -2.27. The molecule has 0 aromatic carbocycles. The van der Waals surface area contributed by atoms with Crippen molar-refractivity contribution in [3.8, 4) is 0 Å². The molecule has 1 aromatic heterocycles. The lowest BCUT2D eigenvalue weighted by atomic mass is 9.87. The fraction of sp³-hybridized carbons (Fsp3) is 0.538. The van der Waals surface area contributed by atoms with Crippen LogP contribution >= 0.6 is 0 Å². The van der Waals surface area contributed by atoms with Gasteiger partial charge < -0.3 is 10.3 Å². The normalized spacial score (nSPS) is 23.7. The summed E-state index contributed by atoms with van der Waals surface area (Å²) in [6.45, 7) is 2.14. The highest BCUT2D eigenvalue weighted by Gasteiger charge is 2.22. The third-order valence-electron chi connectivity index (χ3n) is 3.42. The van der Waals surface area contributed by atoms with Crippen LogP contribution in [-0.4, -0.2) is 16.9 Å². The molecule has 1 saturated carbocycles. The van der Waals surface area contributed by atoms with Gasteiger partial charge in [-0.3, -0.25) is 9.59 Å². The minimum atomic E-state index is -1.01. The van der Waals surface area contributed by atoms with Crippen molar-refractivity contribution in [1.82, 2.24) is 10.3 Å². The van der Waals surface area contributed by atoms with E-state index >= 15 is 0 Å². The zero-order valence-corrected chi connectivity index (χ0v) is 10.3. The van der Waals surface area contributed by atoms with Crippen molar-refractivity contribution >= 4 is 5.91 Å². The molecule has 2 rings (SSSR count). The van der Waals surface area contributed by atoms with E-state index in [-0.39, 0.29) is 11.6 Å². The summed E-state index contributed by atoms with van der Waals surface area (Å²) in [5.41, 5.74) is -1.04. The number of amides is 1. The fourth-order valence-electron chi connectivity index (χ4n) is 2.46. The largest absolute Gasteiger partial charge is 0.349 e. The zero-order chi connectivity index (χ0) is 13.1. The summed E-state index contributed by atoms with van der Waals surface area (Å²) < 4.78 is 13.5. The molecular weight excluding hydrogens is 235 g/mol. The second-order valence-electron chi connectivity index (χ2n) is 4.98. The molecule has 1 fully saturated rings. The van der Waals surface area contributed by atoms with Crippen LogP contribution in [0, 0.1) is 11.7 Å².